The van der Waals surface area contributed by atoms with E-state index in [-0.39, 0.29) is 0 Å². The van der Waals surface area contributed by atoms with E-state index in [1.165, 1.54) is 6.21 Å². The van der Waals surface area contributed by atoms with E-state index in [0.717, 1.165) is 20.5 Å². The number of aromatic amines is 1. The van der Waals surface area contributed by atoms with Gasteiger partial charge in [-0.2, -0.15) is 5.10 Å². The van der Waals surface area contributed by atoms with Crippen LogP contribution in [0.5, 0.6) is 0 Å². The van der Waals surface area contributed by atoms with Crippen LogP contribution in [0.3, 0.4) is 0 Å². The summed E-state index contributed by atoms with van der Waals surface area (Å²) in [7, 11) is 0. The molecule has 4 aromatic rings. The Kier molecular flexibility index (Phi) is 4.14. The molecule has 0 atom stereocenters. The standard InChI is InChI=1S/C19H13BrN4O2/c20-13-5-3-6-14(11-13)23-10-4-7-15(23)12-21-24-18(25)16-8-1-2-9-17(16)22-19(24)26/h1-12H,(H,22,26). The maximum atomic E-state index is 12.5. The second kappa shape index (κ2) is 6.61. The summed E-state index contributed by atoms with van der Waals surface area (Å²) >= 11 is 3.45. The van der Waals surface area contributed by atoms with Crippen molar-refractivity contribution in [3.8, 4) is 5.69 Å². The van der Waals surface area contributed by atoms with Crippen molar-refractivity contribution in [1.29, 1.82) is 0 Å². The van der Waals surface area contributed by atoms with Gasteiger partial charge in [-0.25, -0.2) is 4.79 Å². The summed E-state index contributed by atoms with van der Waals surface area (Å²) in [6.07, 6.45) is 3.38. The number of benzene rings is 2. The van der Waals surface area contributed by atoms with E-state index in [9.17, 15) is 9.59 Å². The topological polar surface area (TPSA) is 72.2 Å². The Morgan fingerprint density at radius 2 is 1.85 bits per heavy atom. The molecule has 4 rings (SSSR count). The number of rotatable bonds is 3. The molecule has 0 amide bonds. The largest absolute Gasteiger partial charge is 0.349 e. The first-order chi connectivity index (χ1) is 12.6. The highest BCUT2D eigenvalue weighted by atomic mass is 79.9. The molecule has 7 heteroatoms. The number of nitrogens with zero attached hydrogens (tertiary/aromatic N) is 3. The molecule has 2 aromatic heterocycles. The molecule has 0 saturated carbocycles. The third kappa shape index (κ3) is 2.93. The van der Waals surface area contributed by atoms with Crippen LogP contribution in [0.2, 0.25) is 0 Å². The van der Waals surface area contributed by atoms with Crippen molar-refractivity contribution in [3.05, 3.63) is 97.9 Å². The lowest BCUT2D eigenvalue weighted by molar-refractivity contribution is 0.770. The summed E-state index contributed by atoms with van der Waals surface area (Å²) in [4.78, 5) is 27.4. The van der Waals surface area contributed by atoms with Gasteiger partial charge < -0.3 is 9.55 Å². The minimum absolute atomic E-state index is 0.409. The van der Waals surface area contributed by atoms with Crippen LogP contribution in [0, 0.1) is 0 Å². The molecule has 0 bridgehead atoms. The molecular weight excluding hydrogens is 396 g/mol. The third-order valence-corrected chi connectivity index (χ3v) is 4.45. The normalized spacial score (nSPS) is 11.4. The van der Waals surface area contributed by atoms with Gasteiger partial charge in [0.25, 0.3) is 5.56 Å². The molecule has 128 valence electrons. The lowest BCUT2D eigenvalue weighted by atomic mass is 10.2. The smallest absolute Gasteiger partial charge is 0.316 e. The minimum atomic E-state index is -0.578. The molecule has 0 unspecified atom stereocenters. The monoisotopic (exact) mass is 408 g/mol. The van der Waals surface area contributed by atoms with Gasteiger partial charge in [-0.1, -0.05) is 34.1 Å². The molecular formula is C19H13BrN4O2. The van der Waals surface area contributed by atoms with Crippen molar-refractivity contribution in [1.82, 2.24) is 14.2 Å². The second-order valence-corrected chi connectivity index (χ2v) is 6.54. The molecule has 0 saturated heterocycles. The van der Waals surface area contributed by atoms with Crippen molar-refractivity contribution in [2.75, 3.05) is 0 Å². The number of aromatic nitrogens is 3. The molecule has 2 aromatic carbocycles. The Bertz CT molecular complexity index is 1250. The maximum absolute atomic E-state index is 12.5. The number of halogens is 1. The lowest BCUT2D eigenvalue weighted by Gasteiger charge is -2.06. The summed E-state index contributed by atoms with van der Waals surface area (Å²) in [6, 6.07) is 18.4. The summed E-state index contributed by atoms with van der Waals surface area (Å²) in [6.45, 7) is 0. The summed E-state index contributed by atoms with van der Waals surface area (Å²) in [5.41, 5.74) is 1.13. The summed E-state index contributed by atoms with van der Waals surface area (Å²) in [5.74, 6) is 0. The predicted molar refractivity (Wildman–Crippen MR) is 105 cm³/mol. The van der Waals surface area contributed by atoms with Gasteiger partial charge in [0.2, 0.25) is 0 Å². The molecule has 2 heterocycles. The molecule has 0 fully saturated rings. The average molecular weight is 409 g/mol. The first-order valence-corrected chi connectivity index (χ1v) is 8.64. The molecule has 6 nitrogen and oxygen atoms in total. The second-order valence-electron chi connectivity index (χ2n) is 5.62. The van der Waals surface area contributed by atoms with Crippen LogP contribution in [0.4, 0.5) is 0 Å². The van der Waals surface area contributed by atoms with Gasteiger partial charge in [0.1, 0.15) is 0 Å². The van der Waals surface area contributed by atoms with Gasteiger partial charge in [0.15, 0.2) is 0 Å². The van der Waals surface area contributed by atoms with Crippen molar-refractivity contribution in [2.45, 2.75) is 0 Å². The number of hydrogen-bond donors (Lipinski definition) is 1. The van der Waals surface area contributed by atoms with Crippen LogP contribution in [0.25, 0.3) is 16.6 Å². The quantitative estimate of drug-likeness (QED) is 0.528. The van der Waals surface area contributed by atoms with E-state index >= 15 is 0 Å². The van der Waals surface area contributed by atoms with Crippen LogP contribution in [0.1, 0.15) is 5.69 Å². The van der Waals surface area contributed by atoms with E-state index in [2.05, 4.69) is 26.0 Å². The van der Waals surface area contributed by atoms with Gasteiger partial charge in [0.05, 0.1) is 22.8 Å². The molecule has 0 radical (unpaired) electrons. The Morgan fingerprint density at radius 1 is 1.00 bits per heavy atom. The molecule has 0 aliphatic rings. The number of nitrogens with one attached hydrogen (secondary N) is 1. The highest BCUT2D eigenvalue weighted by Gasteiger charge is 2.06. The third-order valence-electron chi connectivity index (χ3n) is 3.96. The van der Waals surface area contributed by atoms with Gasteiger partial charge >= 0.3 is 5.69 Å². The minimum Gasteiger partial charge on any atom is -0.316 e. The van der Waals surface area contributed by atoms with Gasteiger partial charge in [-0.05, 0) is 42.5 Å². The van der Waals surface area contributed by atoms with Gasteiger partial charge in [0, 0.05) is 16.4 Å². The first-order valence-electron chi connectivity index (χ1n) is 7.85. The number of hydrogen-bond acceptors (Lipinski definition) is 3. The predicted octanol–water partition coefficient (Wildman–Crippen LogP) is 3.13. The van der Waals surface area contributed by atoms with Crippen LogP contribution in [-0.2, 0) is 0 Å². The maximum Gasteiger partial charge on any atom is 0.349 e. The van der Waals surface area contributed by atoms with Crippen LogP contribution in [-0.4, -0.2) is 20.4 Å². The van der Waals surface area contributed by atoms with E-state index in [1.54, 1.807) is 24.3 Å². The fraction of sp³-hybridized carbons (Fsp3) is 0. The van der Waals surface area contributed by atoms with Gasteiger partial charge in [-0.3, -0.25) is 4.79 Å². The zero-order valence-electron chi connectivity index (χ0n) is 13.5. The Labute approximate surface area is 156 Å². The molecule has 1 N–H and O–H groups in total. The van der Waals surface area contributed by atoms with Crippen molar-refractivity contribution in [2.24, 2.45) is 5.10 Å². The molecule has 0 aliphatic heterocycles. The Balaban J connectivity index is 1.79. The van der Waals surface area contributed by atoms with Crippen LogP contribution in [0.15, 0.2) is 86.0 Å². The zero-order valence-corrected chi connectivity index (χ0v) is 15.1. The summed E-state index contributed by atoms with van der Waals surface area (Å²) < 4.78 is 3.70. The lowest BCUT2D eigenvalue weighted by Crippen LogP contribution is -2.32. The average Bonchev–Trinajstić information content (AvgIpc) is 3.10. The van der Waals surface area contributed by atoms with E-state index < -0.39 is 11.2 Å². The van der Waals surface area contributed by atoms with E-state index in [1.807, 2.05) is 47.2 Å². The van der Waals surface area contributed by atoms with E-state index in [4.69, 9.17) is 0 Å². The van der Waals surface area contributed by atoms with Crippen molar-refractivity contribution < 1.29 is 0 Å². The molecule has 26 heavy (non-hydrogen) atoms. The zero-order chi connectivity index (χ0) is 18.1. The Hall–Kier alpha value is -3.19. The fourth-order valence-corrected chi connectivity index (χ4v) is 3.12. The summed E-state index contributed by atoms with van der Waals surface area (Å²) in [5, 5.41) is 4.52. The fourth-order valence-electron chi connectivity index (χ4n) is 2.74. The molecule has 0 spiro atoms. The number of H-pyrrole nitrogens is 1. The van der Waals surface area contributed by atoms with Crippen molar-refractivity contribution in [3.63, 3.8) is 0 Å². The molecule has 0 aliphatic carbocycles. The van der Waals surface area contributed by atoms with Gasteiger partial charge in [-0.15, -0.1) is 4.68 Å². The highest BCUT2D eigenvalue weighted by molar-refractivity contribution is 9.10. The number of fused-ring (bicyclic) bond motifs is 1. The first kappa shape index (κ1) is 16.3. The highest BCUT2D eigenvalue weighted by Crippen LogP contribution is 2.17. The van der Waals surface area contributed by atoms with Crippen molar-refractivity contribution >= 4 is 33.0 Å². The Morgan fingerprint density at radius 3 is 2.69 bits per heavy atom. The number of para-hydroxylation sites is 1. The van der Waals surface area contributed by atoms with E-state index in [0.29, 0.717) is 10.9 Å². The SMILES string of the molecule is O=c1[nH]c2ccccc2c(=O)n1N=Cc1cccn1-c1cccc(Br)c1. The van der Waals surface area contributed by atoms with Crippen LogP contribution < -0.4 is 11.2 Å². The van der Waals surface area contributed by atoms with Crippen LogP contribution >= 0.6 is 15.9 Å².